The molecule has 2 aromatic rings. The maximum atomic E-state index is 11.6. The third-order valence-electron chi connectivity index (χ3n) is 2.45. The van der Waals surface area contributed by atoms with Gasteiger partial charge in [0.05, 0.1) is 11.9 Å². The van der Waals surface area contributed by atoms with E-state index in [-0.39, 0.29) is 12.5 Å². The van der Waals surface area contributed by atoms with Gasteiger partial charge in [-0.15, -0.1) is 0 Å². The van der Waals surface area contributed by atoms with Gasteiger partial charge in [-0.3, -0.25) is 14.6 Å². The van der Waals surface area contributed by atoms with E-state index in [1.165, 1.54) is 12.1 Å². The third kappa shape index (κ3) is 3.81. The van der Waals surface area contributed by atoms with Crippen molar-refractivity contribution in [1.82, 2.24) is 4.98 Å². The molecule has 6 heteroatoms. The molecular weight excluding hydrogens is 258 g/mol. The van der Waals surface area contributed by atoms with Crippen molar-refractivity contribution in [3.63, 3.8) is 0 Å². The zero-order valence-electron chi connectivity index (χ0n) is 10.6. The van der Waals surface area contributed by atoms with Crippen LogP contribution < -0.4 is 15.8 Å². The van der Waals surface area contributed by atoms with E-state index in [1.54, 1.807) is 36.7 Å². The molecule has 0 aliphatic carbocycles. The van der Waals surface area contributed by atoms with Gasteiger partial charge in [-0.05, 0) is 36.4 Å². The van der Waals surface area contributed by atoms with Crippen LogP contribution in [0, 0.1) is 0 Å². The number of carbonyl (C=O) groups excluding carboxylic acids is 2. The summed E-state index contributed by atoms with van der Waals surface area (Å²) >= 11 is 0. The van der Waals surface area contributed by atoms with Crippen molar-refractivity contribution in [3.8, 4) is 5.75 Å². The summed E-state index contributed by atoms with van der Waals surface area (Å²) in [5.41, 5.74) is 6.11. The fourth-order valence-corrected chi connectivity index (χ4v) is 1.50. The van der Waals surface area contributed by atoms with Crippen molar-refractivity contribution in [2.45, 2.75) is 0 Å². The van der Waals surface area contributed by atoms with Crippen LogP contribution in [-0.4, -0.2) is 23.4 Å². The molecule has 0 radical (unpaired) electrons. The van der Waals surface area contributed by atoms with Crippen molar-refractivity contribution >= 4 is 17.5 Å². The van der Waals surface area contributed by atoms with Crippen LogP contribution in [0.3, 0.4) is 0 Å². The molecule has 6 nitrogen and oxygen atoms in total. The molecule has 0 aliphatic rings. The Morgan fingerprint density at radius 2 is 1.95 bits per heavy atom. The molecule has 0 unspecified atom stereocenters. The lowest BCUT2D eigenvalue weighted by atomic mass is 10.2. The minimum Gasteiger partial charge on any atom is -0.484 e. The van der Waals surface area contributed by atoms with Crippen LogP contribution in [0.4, 0.5) is 5.69 Å². The van der Waals surface area contributed by atoms with E-state index in [1.807, 2.05) is 0 Å². The highest BCUT2D eigenvalue weighted by atomic mass is 16.5. The van der Waals surface area contributed by atoms with Gasteiger partial charge >= 0.3 is 0 Å². The first kappa shape index (κ1) is 13.5. The van der Waals surface area contributed by atoms with Gasteiger partial charge in [0, 0.05) is 11.8 Å². The SMILES string of the molecule is NC(=O)c1ccc(OCC(=O)Nc2cccnc2)cc1. The summed E-state index contributed by atoms with van der Waals surface area (Å²) in [5.74, 6) is -0.320. The number of rotatable bonds is 5. The van der Waals surface area contributed by atoms with Crippen molar-refractivity contribution in [2.24, 2.45) is 5.73 Å². The number of nitrogens with one attached hydrogen (secondary N) is 1. The van der Waals surface area contributed by atoms with Crippen molar-refractivity contribution in [3.05, 3.63) is 54.4 Å². The number of primary amides is 1. The summed E-state index contributed by atoms with van der Waals surface area (Å²) in [6, 6.07) is 9.69. The van der Waals surface area contributed by atoms with Crippen LogP contribution in [0.1, 0.15) is 10.4 Å². The molecule has 1 aromatic carbocycles. The summed E-state index contributed by atoms with van der Waals surface area (Å²) < 4.78 is 5.29. The summed E-state index contributed by atoms with van der Waals surface area (Å²) in [6.45, 7) is -0.134. The highest BCUT2D eigenvalue weighted by Gasteiger charge is 2.04. The molecule has 1 aromatic heterocycles. The third-order valence-corrected chi connectivity index (χ3v) is 2.45. The van der Waals surface area contributed by atoms with Crippen molar-refractivity contribution in [1.29, 1.82) is 0 Å². The Balaban J connectivity index is 1.85. The summed E-state index contributed by atoms with van der Waals surface area (Å²) in [4.78, 5) is 26.4. The first-order valence-corrected chi connectivity index (χ1v) is 5.88. The molecule has 0 bridgehead atoms. The fourth-order valence-electron chi connectivity index (χ4n) is 1.50. The van der Waals surface area contributed by atoms with Crippen molar-refractivity contribution < 1.29 is 14.3 Å². The molecule has 0 fully saturated rings. The zero-order valence-corrected chi connectivity index (χ0v) is 10.6. The number of hydrogen-bond donors (Lipinski definition) is 2. The molecule has 0 saturated heterocycles. The van der Waals surface area contributed by atoms with Crippen LogP contribution >= 0.6 is 0 Å². The number of anilines is 1. The van der Waals surface area contributed by atoms with Gasteiger partial charge in [0.25, 0.3) is 5.91 Å². The normalized spacial score (nSPS) is 9.80. The number of nitrogens with zero attached hydrogens (tertiary/aromatic N) is 1. The Hall–Kier alpha value is -2.89. The zero-order chi connectivity index (χ0) is 14.4. The first-order chi connectivity index (χ1) is 9.65. The molecule has 0 aliphatic heterocycles. The number of aromatic nitrogens is 1. The quantitative estimate of drug-likeness (QED) is 0.854. The second-order valence-electron chi connectivity index (χ2n) is 3.97. The minimum atomic E-state index is -0.508. The van der Waals surface area contributed by atoms with Crippen LogP contribution in [-0.2, 0) is 4.79 Å². The van der Waals surface area contributed by atoms with Crippen LogP contribution in [0.2, 0.25) is 0 Å². The predicted octanol–water partition coefficient (Wildman–Crippen LogP) is 1.20. The van der Waals surface area contributed by atoms with E-state index in [0.717, 1.165) is 0 Å². The summed E-state index contributed by atoms with van der Waals surface area (Å²) in [7, 11) is 0. The summed E-state index contributed by atoms with van der Waals surface area (Å²) in [6.07, 6.45) is 3.16. The number of benzene rings is 1. The Labute approximate surface area is 115 Å². The molecule has 20 heavy (non-hydrogen) atoms. The average molecular weight is 271 g/mol. The Morgan fingerprint density at radius 1 is 1.20 bits per heavy atom. The second kappa shape index (κ2) is 6.33. The number of hydrogen-bond acceptors (Lipinski definition) is 4. The highest BCUT2D eigenvalue weighted by Crippen LogP contribution is 2.12. The van der Waals surface area contributed by atoms with Crippen molar-refractivity contribution in [2.75, 3.05) is 11.9 Å². The number of nitrogens with two attached hydrogens (primary N) is 1. The van der Waals surface area contributed by atoms with Gasteiger partial charge in [0.1, 0.15) is 5.75 Å². The van der Waals surface area contributed by atoms with Gasteiger partial charge in [-0.25, -0.2) is 0 Å². The number of amides is 2. The summed E-state index contributed by atoms with van der Waals surface area (Å²) in [5, 5.41) is 2.64. The Bertz CT molecular complexity index is 597. The first-order valence-electron chi connectivity index (χ1n) is 5.88. The van der Waals surface area contributed by atoms with E-state index < -0.39 is 5.91 Å². The van der Waals surface area contributed by atoms with Gasteiger partial charge in [-0.1, -0.05) is 0 Å². The lowest BCUT2D eigenvalue weighted by Gasteiger charge is -2.07. The largest absolute Gasteiger partial charge is 0.484 e. The molecule has 0 spiro atoms. The minimum absolute atomic E-state index is 0.134. The molecule has 0 atom stereocenters. The van der Waals surface area contributed by atoms with Gasteiger partial charge in [0.15, 0.2) is 6.61 Å². The highest BCUT2D eigenvalue weighted by molar-refractivity contribution is 5.93. The molecule has 102 valence electrons. The maximum absolute atomic E-state index is 11.6. The molecule has 2 rings (SSSR count). The van der Waals surface area contributed by atoms with Crippen LogP contribution in [0.5, 0.6) is 5.75 Å². The average Bonchev–Trinajstić information content (AvgIpc) is 2.46. The second-order valence-corrected chi connectivity index (χ2v) is 3.97. The smallest absolute Gasteiger partial charge is 0.262 e. The molecule has 2 amide bonds. The lowest BCUT2D eigenvalue weighted by molar-refractivity contribution is -0.118. The van der Waals surface area contributed by atoms with Crippen LogP contribution in [0.15, 0.2) is 48.8 Å². The van der Waals surface area contributed by atoms with E-state index in [0.29, 0.717) is 17.0 Å². The number of carbonyl (C=O) groups is 2. The number of pyridine rings is 1. The predicted molar refractivity (Wildman–Crippen MR) is 73.3 cm³/mol. The molecule has 3 N–H and O–H groups in total. The topological polar surface area (TPSA) is 94.3 Å². The van der Waals surface area contributed by atoms with E-state index in [9.17, 15) is 9.59 Å². The molecule has 1 heterocycles. The lowest BCUT2D eigenvalue weighted by Crippen LogP contribution is -2.20. The van der Waals surface area contributed by atoms with E-state index >= 15 is 0 Å². The van der Waals surface area contributed by atoms with E-state index in [2.05, 4.69) is 10.3 Å². The monoisotopic (exact) mass is 271 g/mol. The van der Waals surface area contributed by atoms with Crippen LogP contribution in [0.25, 0.3) is 0 Å². The molecular formula is C14H13N3O3. The standard InChI is InChI=1S/C14H13N3O3/c15-14(19)10-3-5-12(6-4-10)20-9-13(18)17-11-2-1-7-16-8-11/h1-8H,9H2,(H2,15,19)(H,17,18). The van der Waals surface area contributed by atoms with Gasteiger partial charge in [0.2, 0.25) is 5.91 Å². The Kier molecular flexibility index (Phi) is 4.28. The van der Waals surface area contributed by atoms with Gasteiger partial charge < -0.3 is 15.8 Å². The molecule has 0 saturated carbocycles. The maximum Gasteiger partial charge on any atom is 0.262 e. The number of ether oxygens (including phenoxy) is 1. The fraction of sp³-hybridized carbons (Fsp3) is 0.0714. The van der Waals surface area contributed by atoms with E-state index in [4.69, 9.17) is 10.5 Å². The Morgan fingerprint density at radius 3 is 2.55 bits per heavy atom. The van der Waals surface area contributed by atoms with Gasteiger partial charge in [-0.2, -0.15) is 0 Å².